The SMILES string of the molecule is CN=C(NCCc1ccc(C)nc1)NCc1ccnn1C. The van der Waals surface area contributed by atoms with Crippen LogP contribution in [0.25, 0.3) is 0 Å². The molecule has 2 aromatic heterocycles. The quantitative estimate of drug-likeness (QED) is 0.636. The van der Waals surface area contributed by atoms with Crippen LogP contribution in [0.2, 0.25) is 0 Å². The molecule has 2 rings (SSSR count). The van der Waals surface area contributed by atoms with Crippen molar-refractivity contribution in [3.63, 3.8) is 0 Å². The highest BCUT2D eigenvalue weighted by Crippen LogP contribution is 1.99. The molecule has 0 fully saturated rings. The maximum atomic E-state index is 4.29. The summed E-state index contributed by atoms with van der Waals surface area (Å²) < 4.78 is 1.85. The summed E-state index contributed by atoms with van der Waals surface area (Å²) in [6.45, 7) is 3.50. The third-order valence-electron chi connectivity index (χ3n) is 3.26. The zero-order valence-corrected chi connectivity index (χ0v) is 12.8. The van der Waals surface area contributed by atoms with Crippen molar-refractivity contribution >= 4 is 5.96 Å². The van der Waals surface area contributed by atoms with Crippen molar-refractivity contribution in [3.8, 4) is 0 Å². The van der Waals surface area contributed by atoms with Gasteiger partial charge in [0.15, 0.2) is 5.96 Å². The molecule has 0 unspecified atom stereocenters. The Morgan fingerprint density at radius 2 is 2.14 bits per heavy atom. The van der Waals surface area contributed by atoms with E-state index < -0.39 is 0 Å². The van der Waals surface area contributed by atoms with E-state index in [9.17, 15) is 0 Å². The Labute approximate surface area is 125 Å². The summed E-state index contributed by atoms with van der Waals surface area (Å²) in [5.74, 6) is 0.788. The fraction of sp³-hybridized carbons (Fsp3) is 0.400. The number of aromatic nitrogens is 3. The van der Waals surface area contributed by atoms with Crippen molar-refractivity contribution < 1.29 is 0 Å². The van der Waals surface area contributed by atoms with Crippen LogP contribution in [0.15, 0.2) is 35.6 Å². The predicted octanol–water partition coefficient (Wildman–Crippen LogP) is 1.03. The van der Waals surface area contributed by atoms with Gasteiger partial charge in [-0.25, -0.2) is 0 Å². The van der Waals surface area contributed by atoms with Gasteiger partial charge in [0.05, 0.1) is 12.2 Å². The fourth-order valence-electron chi connectivity index (χ4n) is 1.94. The van der Waals surface area contributed by atoms with E-state index in [2.05, 4.69) is 31.8 Å². The van der Waals surface area contributed by atoms with Gasteiger partial charge in [-0.2, -0.15) is 5.10 Å². The highest BCUT2D eigenvalue weighted by atomic mass is 15.3. The Morgan fingerprint density at radius 1 is 1.29 bits per heavy atom. The highest BCUT2D eigenvalue weighted by molar-refractivity contribution is 5.79. The van der Waals surface area contributed by atoms with Crippen molar-refractivity contribution in [2.75, 3.05) is 13.6 Å². The lowest BCUT2D eigenvalue weighted by Gasteiger charge is -2.12. The summed E-state index contributed by atoms with van der Waals surface area (Å²) >= 11 is 0. The van der Waals surface area contributed by atoms with Gasteiger partial charge in [-0.15, -0.1) is 0 Å². The van der Waals surface area contributed by atoms with E-state index in [1.807, 2.05) is 37.0 Å². The van der Waals surface area contributed by atoms with E-state index >= 15 is 0 Å². The molecule has 2 N–H and O–H groups in total. The third-order valence-corrected chi connectivity index (χ3v) is 3.26. The number of hydrogen-bond acceptors (Lipinski definition) is 3. The van der Waals surface area contributed by atoms with Crippen LogP contribution in [0.5, 0.6) is 0 Å². The van der Waals surface area contributed by atoms with E-state index in [0.29, 0.717) is 6.54 Å². The molecule has 0 radical (unpaired) electrons. The topological polar surface area (TPSA) is 67.1 Å². The van der Waals surface area contributed by atoms with Crippen molar-refractivity contribution in [2.24, 2.45) is 12.0 Å². The second-order valence-electron chi connectivity index (χ2n) is 4.86. The normalized spacial score (nSPS) is 11.5. The maximum absolute atomic E-state index is 4.29. The van der Waals surface area contributed by atoms with E-state index in [-0.39, 0.29) is 0 Å². The number of nitrogens with zero attached hydrogens (tertiary/aromatic N) is 4. The molecule has 0 aliphatic heterocycles. The lowest BCUT2D eigenvalue weighted by atomic mass is 10.2. The van der Waals surface area contributed by atoms with Crippen LogP contribution in [0.1, 0.15) is 17.0 Å². The first kappa shape index (κ1) is 15.0. The Morgan fingerprint density at radius 3 is 2.76 bits per heavy atom. The molecule has 6 heteroatoms. The van der Waals surface area contributed by atoms with Gasteiger partial charge >= 0.3 is 0 Å². The molecular formula is C15H22N6. The van der Waals surface area contributed by atoms with Gasteiger partial charge < -0.3 is 10.6 Å². The second kappa shape index (κ2) is 7.42. The van der Waals surface area contributed by atoms with Gasteiger partial charge in [0.1, 0.15) is 0 Å². The van der Waals surface area contributed by atoms with Gasteiger partial charge in [0.25, 0.3) is 0 Å². The molecule has 0 aliphatic rings. The Kier molecular flexibility index (Phi) is 5.31. The molecule has 2 heterocycles. The molecule has 2 aromatic rings. The first-order valence-corrected chi connectivity index (χ1v) is 7.02. The number of rotatable bonds is 5. The van der Waals surface area contributed by atoms with Crippen LogP contribution in [0.4, 0.5) is 0 Å². The molecule has 112 valence electrons. The molecule has 21 heavy (non-hydrogen) atoms. The largest absolute Gasteiger partial charge is 0.356 e. The van der Waals surface area contributed by atoms with Crippen LogP contribution >= 0.6 is 0 Å². The van der Waals surface area contributed by atoms with Crippen molar-refractivity contribution in [3.05, 3.63) is 47.5 Å². The molecule has 0 amide bonds. The molecule has 0 bridgehead atoms. The lowest BCUT2D eigenvalue weighted by Crippen LogP contribution is -2.38. The van der Waals surface area contributed by atoms with Gasteiger partial charge in [-0.05, 0) is 31.0 Å². The molecule has 0 atom stereocenters. The zero-order chi connectivity index (χ0) is 15.1. The summed E-state index contributed by atoms with van der Waals surface area (Å²) in [4.78, 5) is 8.51. The fourth-order valence-corrected chi connectivity index (χ4v) is 1.94. The number of pyridine rings is 1. The van der Waals surface area contributed by atoms with Gasteiger partial charge in [0, 0.05) is 38.7 Å². The van der Waals surface area contributed by atoms with Crippen LogP contribution in [0, 0.1) is 6.92 Å². The Hall–Kier alpha value is -2.37. The highest BCUT2D eigenvalue weighted by Gasteiger charge is 2.01. The summed E-state index contributed by atoms with van der Waals surface area (Å²) in [7, 11) is 3.70. The van der Waals surface area contributed by atoms with E-state index in [1.54, 1.807) is 13.2 Å². The summed E-state index contributed by atoms with van der Waals surface area (Å²) in [6, 6.07) is 6.12. The number of aryl methyl sites for hydroxylation is 2. The minimum atomic E-state index is 0.697. The number of nitrogens with one attached hydrogen (secondary N) is 2. The first-order chi connectivity index (χ1) is 10.2. The van der Waals surface area contributed by atoms with Crippen LogP contribution in [-0.4, -0.2) is 34.3 Å². The van der Waals surface area contributed by atoms with Crippen LogP contribution in [-0.2, 0) is 20.0 Å². The van der Waals surface area contributed by atoms with Gasteiger partial charge in [0.2, 0.25) is 0 Å². The lowest BCUT2D eigenvalue weighted by molar-refractivity contribution is 0.684. The monoisotopic (exact) mass is 286 g/mol. The molecule has 0 aromatic carbocycles. The van der Waals surface area contributed by atoms with Crippen molar-refractivity contribution in [1.29, 1.82) is 0 Å². The minimum Gasteiger partial charge on any atom is -0.356 e. The average molecular weight is 286 g/mol. The van der Waals surface area contributed by atoms with Gasteiger partial charge in [-0.1, -0.05) is 6.07 Å². The van der Waals surface area contributed by atoms with Crippen molar-refractivity contribution in [1.82, 2.24) is 25.4 Å². The Bertz CT molecular complexity index is 584. The number of aliphatic imine (C=N–C) groups is 1. The molecule has 0 spiro atoms. The minimum absolute atomic E-state index is 0.697. The van der Waals surface area contributed by atoms with Gasteiger partial charge in [-0.3, -0.25) is 14.7 Å². The predicted molar refractivity (Wildman–Crippen MR) is 84.1 cm³/mol. The molecule has 0 aliphatic carbocycles. The Balaban J connectivity index is 1.75. The molecule has 6 nitrogen and oxygen atoms in total. The van der Waals surface area contributed by atoms with Crippen LogP contribution < -0.4 is 10.6 Å². The van der Waals surface area contributed by atoms with E-state index in [0.717, 1.165) is 30.3 Å². The number of hydrogen-bond donors (Lipinski definition) is 2. The summed E-state index contributed by atoms with van der Waals surface area (Å²) in [5.41, 5.74) is 3.37. The summed E-state index contributed by atoms with van der Waals surface area (Å²) in [5, 5.41) is 10.7. The zero-order valence-electron chi connectivity index (χ0n) is 12.8. The van der Waals surface area contributed by atoms with Crippen molar-refractivity contribution in [2.45, 2.75) is 19.9 Å². The molecular weight excluding hydrogens is 264 g/mol. The molecule has 0 saturated carbocycles. The average Bonchev–Trinajstić information content (AvgIpc) is 2.90. The van der Waals surface area contributed by atoms with E-state index in [4.69, 9.17) is 0 Å². The number of guanidine groups is 1. The van der Waals surface area contributed by atoms with Crippen LogP contribution in [0.3, 0.4) is 0 Å². The summed E-state index contributed by atoms with van der Waals surface area (Å²) in [6.07, 6.45) is 4.63. The molecule has 0 saturated heterocycles. The smallest absolute Gasteiger partial charge is 0.191 e. The van der Waals surface area contributed by atoms with E-state index in [1.165, 1.54) is 5.56 Å². The standard InChI is InChI=1S/C15H22N6/c1-12-4-5-13(10-18-12)6-8-17-15(16-2)19-11-14-7-9-20-21(14)3/h4-5,7,9-10H,6,8,11H2,1-3H3,(H2,16,17,19). The third kappa shape index (κ3) is 4.59. The maximum Gasteiger partial charge on any atom is 0.191 e. The second-order valence-corrected chi connectivity index (χ2v) is 4.86. The first-order valence-electron chi connectivity index (χ1n) is 7.02.